The van der Waals surface area contributed by atoms with Crippen LogP contribution in [0, 0.1) is 21.4 Å². The zero-order chi connectivity index (χ0) is 50.0. The molecule has 0 bridgehead atoms. The van der Waals surface area contributed by atoms with Crippen molar-refractivity contribution in [1.29, 1.82) is 0 Å². The molecule has 2 aromatic heterocycles. The zero-order valence-electron chi connectivity index (χ0n) is 39.1. The minimum Gasteiger partial charge on any atom is -0.455 e. The molecule has 8 rings (SSSR count). The number of carbonyl (C=O) groups is 2. The molecule has 4 heterocycles. The molecule has 5 aromatic rings. The molecule has 372 valence electrons. The Labute approximate surface area is 409 Å². The van der Waals surface area contributed by atoms with Gasteiger partial charge in [-0.2, -0.15) is 13.2 Å². The summed E-state index contributed by atoms with van der Waals surface area (Å²) >= 11 is 6.54. The fourth-order valence-corrected chi connectivity index (χ4v) is 11.0. The van der Waals surface area contributed by atoms with Gasteiger partial charge in [0.25, 0.3) is 5.69 Å². The quantitative estimate of drug-likeness (QED) is 0.0544. The Morgan fingerprint density at radius 1 is 1.00 bits per heavy atom. The molecule has 0 saturated carbocycles. The van der Waals surface area contributed by atoms with Gasteiger partial charge < -0.3 is 29.6 Å². The number of pyridine rings is 1. The van der Waals surface area contributed by atoms with Gasteiger partial charge >= 0.3 is 6.18 Å². The molecule has 3 aromatic carbocycles. The molecule has 70 heavy (non-hydrogen) atoms. The third-order valence-corrected chi connectivity index (χ3v) is 15.4. The number of Topliss-reactive ketones (excluding diaryl/α,β-unsaturated/α-hetero) is 1. The summed E-state index contributed by atoms with van der Waals surface area (Å²) in [6.07, 6.45) is 2.47. The van der Waals surface area contributed by atoms with Crippen LogP contribution < -0.4 is 15.0 Å². The molecule has 1 aliphatic carbocycles. The lowest BCUT2D eigenvalue weighted by Crippen LogP contribution is -2.47. The van der Waals surface area contributed by atoms with Crippen molar-refractivity contribution < 1.29 is 45.6 Å². The highest BCUT2D eigenvalue weighted by atomic mass is 35.5. The number of nitro groups is 1. The van der Waals surface area contributed by atoms with Gasteiger partial charge in [0.1, 0.15) is 35.2 Å². The monoisotopic (exact) mass is 1010 g/mol. The average molecular weight is 1010 g/mol. The van der Waals surface area contributed by atoms with Crippen LogP contribution in [0.1, 0.15) is 67.4 Å². The van der Waals surface area contributed by atoms with Crippen LogP contribution in [0.3, 0.4) is 0 Å². The number of methoxy groups -OCH3 is 1. The number of aromatic amines is 1. The molecule has 2 aliphatic heterocycles. The molecule has 2 saturated heterocycles. The van der Waals surface area contributed by atoms with E-state index in [4.69, 9.17) is 21.1 Å². The first-order valence-corrected chi connectivity index (χ1v) is 25.2. The maximum absolute atomic E-state index is 14.1. The molecule has 3 aliphatic rings. The van der Waals surface area contributed by atoms with Gasteiger partial charge in [-0.05, 0) is 103 Å². The van der Waals surface area contributed by atoms with Crippen LogP contribution in [0.25, 0.3) is 16.6 Å². The van der Waals surface area contributed by atoms with Crippen molar-refractivity contribution in [3.05, 3.63) is 117 Å². The van der Waals surface area contributed by atoms with Crippen LogP contribution in [0.15, 0.2) is 89.6 Å². The summed E-state index contributed by atoms with van der Waals surface area (Å²) in [5, 5.41) is 16.2. The van der Waals surface area contributed by atoms with E-state index in [1.807, 2.05) is 6.07 Å². The number of rotatable bonds is 16. The number of carbonyl (C=O) groups excluding carboxylic acids is 2. The van der Waals surface area contributed by atoms with E-state index in [0.29, 0.717) is 88.6 Å². The van der Waals surface area contributed by atoms with E-state index < -0.39 is 43.7 Å². The number of nitro benzene ring substituents is 1. The minimum atomic E-state index is -4.50. The van der Waals surface area contributed by atoms with Gasteiger partial charge in [0, 0.05) is 93.9 Å². The van der Waals surface area contributed by atoms with E-state index in [2.05, 4.69) is 38.9 Å². The third kappa shape index (κ3) is 11.8. The number of amides is 1. The predicted molar refractivity (Wildman–Crippen MR) is 261 cm³/mol. The van der Waals surface area contributed by atoms with Crippen LogP contribution >= 0.6 is 11.6 Å². The molecule has 0 spiro atoms. The van der Waals surface area contributed by atoms with E-state index >= 15 is 0 Å². The zero-order valence-corrected chi connectivity index (χ0v) is 40.7. The van der Waals surface area contributed by atoms with E-state index in [1.165, 1.54) is 37.6 Å². The summed E-state index contributed by atoms with van der Waals surface area (Å²) in [6, 6.07) is 15.6. The number of sulfone groups is 1. The highest BCUT2D eigenvalue weighted by molar-refractivity contribution is 7.92. The number of H-pyrrole nitrogens is 1. The predicted octanol–water partition coefficient (Wildman–Crippen LogP) is 9.68. The summed E-state index contributed by atoms with van der Waals surface area (Å²) in [7, 11) is -2.95. The molecule has 2 N–H and O–H groups in total. The number of halogens is 4. The highest BCUT2D eigenvalue weighted by Gasteiger charge is 2.34. The maximum atomic E-state index is 14.1. The number of allylic oxidation sites excluding steroid dienone is 1. The summed E-state index contributed by atoms with van der Waals surface area (Å²) in [5.74, 6) is -1.34. The van der Waals surface area contributed by atoms with Crippen LogP contribution in [0.4, 0.5) is 30.2 Å². The third-order valence-electron chi connectivity index (χ3n) is 13.5. The number of hydrogen-bond acceptors (Lipinski definition) is 12. The number of hydrogen-bond donors (Lipinski definition) is 2. The van der Waals surface area contributed by atoms with Crippen molar-refractivity contribution in [2.24, 2.45) is 11.3 Å². The van der Waals surface area contributed by atoms with Gasteiger partial charge in [-0.25, -0.2) is 13.4 Å². The summed E-state index contributed by atoms with van der Waals surface area (Å²) < 4.78 is 79.6. The number of benzene rings is 3. The summed E-state index contributed by atoms with van der Waals surface area (Å²) in [4.78, 5) is 51.1. The van der Waals surface area contributed by atoms with Crippen molar-refractivity contribution in [3.63, 3.8) is 0 Å². The van der Waals surface area contributed by atoms with Gasteiger partial charge in [-0.3, -0.25) is 24.6 Å². The van der Waals surface area contributed by atoms with Crippen molar-refractivity contribution >= 4 is 66.8 Å². The Morgan fingerprint density at radius 2 is 1.76 bits per heavy atom. The smallest absolute Gasteiger partial charge is 0.416 e. The van der Waals surface area contributed by atoms with Crippen molar-refractivity contribution in [3.8, 4) is 11.5 Å². The molecular weight excluding hydrogens is 951 g/mol. The number of aromatic nitrogens is 2. The van der Waals surface area contributed by atoms with E-state index in [-0.39, 0.29) is 50.8 Å². The van der Waals surface area contributed by atoms with E-state index in [9.17, 15) is 41.3 Å². The first-order valence-electron chi connectivity index (χ1n) is 23.1. The molecule has 1 amide bonds. The van der Waals surface area contributed by atoms with Crippen LogP contribution in [0.2, 0.25) is 5.02 Å². The van der Waals surface area contributed by atoms with Crippen molar-refractivity contribution in [1.82, 2.24) is 19.8 Å². The number of likely N-dealkylation sites (tertiary alicyclic amines) is 1. The fraction of sp³-hybridized carbons (Fsp3) is 0.420. The van der Waals surface area contributed by atoms with Crippen molar-refractivity contribution in [2.75, 3.05) is 82.0 Å². The molecule has 0 atom stereocenters. The number of anilines is 2. The molecule has 15 nitrogen and oxygen atoms in total. The Hall–Kier alpha value is -6.02. The van der Waals surface area contributed by atoms with Gasteiger partial charge in [0.15, 0.2) is 15.6 Å². The van der Waals surface area contributed by atoms with E-state index in [0.717, 1.165) is 53.3 Å². The van der Waals surface area contributed by atoms with Gasteiger partial charge in [-0.1, -0.05) is 37.1 Å². The van der Waals surface area contributed by atoms with Crippen LogP contribution in [-0.4, -0.2) is 117 Å². The largest absolute Gasteiger partial charge is 0.455 e. The lowest BCUT2D eigenvalue weighted by molar-refractivity contribution is -0.384. The highest BCUT2D eigenvalue weighted by Crippen LogP contribution is 2.46. The average Bonchev–Trinajstić information content (AvgIpc) is 3.79. The Morgan fingerprint density at radius 3 is 2.46 bits per heavy atom. The standard InChI is InChI=1S/C50H55ClF3N7O8S/c1-49(2)14-10-34(41(26-49)39-7-4-35(23-42(39)51)50(52,53)54)29-58-18-20-59(21-19-58)36-5-8-40(46(24-36)69-37-22-33-11-15-55-48(33)57-28-37)45(62)31-70(66,67)38-6-9-43(44(25-38)61(64)65)56-27-32-12-16-60(17-13-32)47(63)30-68-3/h4-9,11,15,22-25,28,32,56H,10,12-14,16-21,26-27,29-31H2,1-3H3,(H,55,57). The first-order chi connectivity index (χ1) is 33.3. The van der Waals surface area contributed by atoms with Crippen LogP contribution in [-0.2, 0) is 25.5 Å². The second-order valence-electron chi connectivity index (χ2n) is 19.0. The SMILES string of the molecule is COCC(=O)N1CCC(CNc2ccc(S(=O)(=O)CC(=O)c3ccc(N4CCN(CC5=C(c6ccc(C(F)(F)F)cc6Cl)CC(C)(C)CC5)CC4)cc3Oc3cnc4[nH]ccc4c3)cc2[N+](=O)[O-])CC1. The number of piperidine rings is 1. The summed E-state index contributed by atoms with van der Waals surface area (Å²) in [6.45, 7) is 8.86. The number of nitrogens with one attached hydrogen (secondary N) is 2. The molecule has 0 unspecified atom stereocenters. The van der Waals surface area contributed by atoms with Gasteiger partial charge in [0.2, 0.25) is 5.91 Å². The molecule has 0 radical (unpaired) electrons. The molecule has 2 fully saturated rings. The van der Waals surface area contributed by atoms with Gasteiger partial charge in [-0.15, -0.1) is 0 Å². The Bertz CT molecular complexity index is 2930. The number of nitrogens with zero attached hydrogens (tertiary/aromatic N) is 5. The Balaban J connectivity index is 0.978. The lowest BCUT2D eigenvalue weighted by atomic mass is 9.72. The fourth-order valence-electron chi connectivity index (χ4n) is 9.48. The normalized spacial score (nSPS) is 17.2. The number of alkyl halides is 3. The molecular formula is C50H55ClF3N7O8S. The second kappa shape index (κ2) is 20.8. The lowest BCUT2D eigenvalue weighted by Gasteiger charge is -2.39. The number of piperazine rings is 1. The minimum absolute atomic E-state index is 0.000000497. The van der Waals surface area contributed by atoms with Gasteiger partial charge in [0.05, 0.1) is 27.1 Å². The van der Waals surface area contributed by atoms with E-state index in [1.54, 1.807) is 29.3 Å². The second-order valence-corrected chi connectivity index (χ2v) is 21.4. The van der Waals surface area contributed by atoms with Crippen LogP contribution in [0.5, 0.6) is 11.5 Å². The maximum Gasteiger partial charge on any atom is 0.416 e. The summed E-state index contributed by atoms with van der Waals surface area (Å²) in [5.41, 5.74) is 2.95. The van der Waals surface area contributed by atoms with Crippen molar-refractivity contribution in [2.45, 2.75) is 57.0 Å². The number of ketones is 1. The molecule has 20 heteroatoms. The number of ether oxygens (including phenoxy) is 2. The first kappa shape index (κ1) is 50.4. The number of fused-ring (bicyclic) bond motifs is 1. The topological polar surface area (TPSA) is 180 Å². The Kier molecular flexibility index (Phi) is 14.9.